The predicted octanol–water partition coefficient (Wildman–Crippen LogP) is 4.55. The van der Waals surface area contributed by atoms with Gasteiger partial charge in [-0.3, -0.25) is 0 Å². The fourth-order valence-electron chi connectivity index (χ4n) is 2.80. The number of rotatable bonds is 2. The summed E-state index contributed by atoms with van der Waals surface area (Å²) >= 11 is 0. The number of hydrogen-bond donors (Lipinski definition) is 0. The maximum absolute atomic E-state index is 5.21. The lowest BCUT2D eigenvalue weighted by Gasteiger charge is -2.31. The van der Waals surface area contributed by atoms with Crippen LogP contribution in [0.5, 0.6) is 5.75 Å². The zero-order valence-corrected chi connectivity index (χ0v) is 11.3. The van der Waals surface area contributed by atoms with Crippen molar-refractivity contribution >= 4 is 0 Å². The quantitative estimate of drug-likeness (QED) is 0.677. The first-order valence-corrected chi connectivity index (χ1v) is 6.41. The first-order valence-electron chi connectivity index (χ1n) is 6.41. The third kappa shape index (κ3) is 2.54. The fourth-order valence-corrected chi connectivity index (χ4v) is 2.80. The van der Waals surface area contributed by atoms with E-state index in [9.17, 15) is 0 Å². The van der Waals surface area contributed by atoms with Gasteiger partial charge in [-0.2, -0.15) is 0 Å². The van der Waals surface area contributed by atoms with Gasteiger partial charge in [0.05, 0.1) is 7.11 Å². The minimum Gasteiger partial charge on any atom is -0.497 e. The van der Waals surface area contributed by atoms with Gasteiger partial charge in [0.1, 0.15) is 5.75 Å². The third-order valence-corrected chi connectivity index (χ3v) is 4.11. The summed E-state index contributed by atoms with van der Waals surface area (Å²) in [5, 5.41) is 0. The molecule has 0 saturated carbocycles. The summed E-state index contributed by atoms with van der Waals surface area (Å²) in [4.78, 5) is 0. The molecule has 0 saturated heterocycles. The predicted molar refractivity (Wildman–Crippen MR) is 72.5 cm³/mol. The highest BCUT2D eigenvalue weighted by Gasteiger charge is 2.24. The summed E-state index contributed by atoms with van der Waals surface area (Å²) in [5.74, 6) is 2.36. The van der Waals surface area contributed by atoms with E-state index in [2.05, 4.69) is 45.0 Å². The molecule has 17 heavy (non-hydrogen) atoms. The summed E-state index contributed by atoms with van der Waals surface area (Å²) < 4.78 is 5.21. The molecule has 2 rings (SSSR count). The van der Waals surface area contributed by atoms with Crippen LogP contribution in [0.25, 0.3) is 0 Å². The van der Waals surface area contributed by atoms with Crippen LogP contribution in [0.3, 0.4) is 0 Å². The smallest absolute Gasteiger partial charge is 0.118 e. The molecule has 0 fully saturated rings. The van der Waals surface area contributed by atoms with E-state index >= 15 is 0 Å². The molecule has 0 bridgehead atoms. The van der Waals surface area contributed by atoms with Crippen molar-refractivity contribution in [3.63, 3.8) is 0 Å². The van der Waals surface area contributed by atoms with Crippen LogP contribution in [0, 0.1) is 5.92 Å². The Kier molecular flexibility index (Phi) is 3.56. The van der Waals surface area contributed by atoms with E-state index in [1.165, 1.54) is 18.4 Å². The van der Waals surface area contributed by atoms with Gasteiger partial charge >= 0.3 is 0 Å². The molecule has 1 heteroatoms. The fraction of sp³-hybridized carbons (Fsp3) is 0.500. The van der Waals surface area contributed by atoms with E-state index in [0.717, 1.165) is 11.7 Å². The van der Waals surface area contributed by atoms with Gasteiger partial charge in [-0.15, -0.1) is 0 Å². The Morgan fingerprint density at radius 2 is 1.59 bits per heavy atom. The highest BCUT2D eigenvalue weighted by Crippen LogP contribution is 2.40. The second-order valence-corrected chi connectivity index (χ2v) is 5.33. The van der Waals surface area contributed by atoms with Crippen molar-refractivity contribution in [1.82, 2.24) is 0 Å². The van der Waals surface area contributed by atoms with E-state index in [0.29, 0.717) is 5.92 Å². The summed E-state index contributed by atoms with van der Waals surface area (Å²) in [6.45, 7) is 6.92. The SMILES string of the molecule is COc1ccc([C@H]2CC(C)=C(C)C[C@@H]2C)cc1. The van der Waals surface area contributed by atoms with Crippen LogP contribution in [0.1, 0.15) is 45.1 Å². The largest absolute Gasteiger partial charge is 0.497 e. The maximum Gasteiger partial charge on any atom is 0.118 e. The molecule has 1 aliphatic carbocycles. The van der Waals surface area contributed by atoms with Crippen LogP contribution in [0.4, 0.5) is 0 Å². The molecular weight excluding hydrogens is 208 g/mol. The van der Waals surface area contributed by atoms with Gasteiger partial charge in [0.15, 0.2) is 0 Å². The molecule has 1 nitrogen and oxygen atoms in total. The molecule has 1 aliphatic rings. The second kappa shape index (κ2) is 4.95. The average Bonchev–Trinajstić information content (AvgIpc) is 2.34. The van der Waals surface area contributed by atoms with Crippen molar-refractivity contribution in [3.05, 3.63) is 41.0 Å². The molecule has 0 heterocycles. The minimum absolute atomic E-state index is 0.671. The third-order valence-electron chi connectivity index (χ3n) is 4.11. The molecule has 0 aromatic heterocycles. The molecule has 0 radical (unpaired) electrons. The lowest BCUT2D eigenvalue weighted by molar-refractivity contribution is 0.410. The number of allylic oxidation sites excluding steroid dienone is 2. The number of benzene rings is 1. The van der Waals surface area contributed by atoms with Gasteiger partial charge in [-0.1, -0.05) is 30.2 Å². The Balaban J connectivity index is 2.22. The monoisotopic (exact) mass is 230 g/mol. The van der Waals surface area contributed by atoms with Crippen LogP contribution in [0.2, 0.25) is 0 Å². The van der Waals surface area contributed by atoms with Crippen molar-refractivity contribution in [2.45, 2.75) is 39.5 Å². The highest BCUT2D eigenvalue weighted by atomic mass is 16.5. The zero-order valence-electron chi connectivity index (χ0n) is 11.3. The number of ether oxygens (including phenoxy) is 1. The van der Waals surface area contributed by atoms with Crippen LogP contribution < -0.4 is 4.74 Å². The number of hydrogen-bond acceptors (Lipinski definition) is 1. The minimum atomic E-state index is 0.671. The molecular formula is C16H22O. The standard InChI is InChI=1S/C16H22O/c1-11-9-13(3)16(10-12(11)2)14-5-7-15(17-4)8-6-14/h5-8,13,16H,9-10H2,1-4H3/t13-,16-/m0/s1. The first-order chi connectivity index (χ1) is 8.11. The van der Waals surface area contributed by atoms with Crippen LogP contribution in [-0.4, -0.2) is 7.11 Å². The Morgan fingerprint density at radius 3 is 2.18 bits per heavy atom. The van der Waals surface area contributed by atoms with Crippen molar-refractivity contribution in [1.29, 1.82) is 0 Å². The Hall–Kier alpha value is -1.24. The molecule has 0 aliphatic heterocycles. The van der Waals surface area contributed by atoms with E-state index in [1.807, 2.05) is 0 Å². The maximum atomic E-state index is 5.21. The molecule has 0 spiro atoms. The lowest BCUT2D eigenvalue weighted by Crippen LogP contribution is -2.16. The van der Waals surface area contributed by atoms with E-state index in [1.54, 1.807) is 18.3 Å². The zero-order chi connectivity index (χ0) is 12.4. The molecule has 92 valence electrons. The number of methoxy groups -OCH3 is 1. The molecule has 0 unspecified atom stereocenters. The topological polar surface area (TPSA) is 9.23 Å². The van der Waals surface area contributed by atoms with Gasteiger partial charge in [0, 0.05) is 0 Å². The molecule has 0 amide bonds. The Morgan fingerprint density at radius 1 is 1.00 bits per heavy atom. The van der Waals surface area contributed by atoms with E-state index in [-0.39, 0.29) is 0 Å². The summed E-state index contributed by atoms with van der Waals surface area (Å²) in [6, 6.07) is 8.58. The normalized spacial score (nSPS) is 24.9. The summed E-state index contributed by atoms with van der Waals surface area (Å²) in [7, 11) is 1.72. The van der Waals surface area contributed by atoms with Crippen molar-refractivity contribution in [3.8, 4) is 5.75 Å². The van der Waals surface area contributed by atoms with Crippen molar-refractivity contribution in [2.24, 2.45) is 5.92 Å². The Labute approximate surface area is 104 Å². The van der Waals surface area contributed by atoms with Gasteiger partial charge < -0.3 is 4.74 Å². The second-order valence-electron chi connectivity index (χ2n) is 5.33. The molecule has 1 aromatic carbocycles. The summed E-state index contributed by atoms with van der Waals surface area (Å²) in [6.07, 6.45) is 2.45. The van der Waals surface area contributed by atoms with Crippen LogP contribution in [-0.2, 0) is 0 Å². The van der Waals surface area contributed by atoms with Gasteiger partial charge in [0.25, 0.3) is 0 Å². The van der Waals surface area contributed by atoms with Crippen LogP contribution >= 0.6 is 0 Å². The summed E-state index contributed by atoms with van der Waals surface area (Å²) in [5.41, 5.74) is 4.61. The van der Waals surface area contributed by atoms with E-state index in [4.69, 9.17) is 4.74 Å². The highest BCUT2D eigenvalue weighted by molar-refractivity contribution is 5.32. The van der Waals surface area contributed by atoms with E-state index < -0.39 is 0 Å². The van der Waals surface area contributed by atoms with Crippen LogP contribution in [0.15, 0.2) is 35.4 Å². The van der Waals surface area contributed by atoms with Gasteiger partial charge in [-0.05, 0) is 56.2 Å². The van der Waals surface area contributed by atoms with Gasteiger partial charge in [-0.25, -0.2) is 0 Å². The average molecular weight is 230 g/mol. The van der Waals surface area contributed by atoms with Gasteiger partial charge in [0.2, 0.25) is 0 Å². The molecule has 0 N–H and O–H groups in total. The lowest BCUT2D eigenvalue weighted by atomic mass is 9.74. The first kappa shape index (κ1) is 12.2. The molecule has 2 atom stereocenters. The van der Waals surface area contributed by atoms with Crippen molar-refractivity contribution in [2.75, 3.05) is 7.11 Å². The molecule has 1 aromatic rings. The Bertz CT molecular complexity index is 414. The van der Waals surface area contributed by atoms with Crippen molar-refractivity contribution < 1.29 is 4.74 Å².